The summed E-state index contributed by atoms with van der Waals surface area (Å²) in [6.45, 7) is 18.2. The second-order valence-electron chi connectivity index (χ2n) is 9.13. The fourth-order valence-electron chi connectivity index (χ4n) is 2.73. The van der Waals surface area contributed by atoms with Crippen molar-refractivity contribution >= 4 is 6.21 Å². The molecule has 4 heterocycles. The molecule has 180 valence electrons. The molecule has 1 aliphatic heterocycles. The van der Waals surface area contributed by atoms with E-state index in [1.165, 1.54) is 11.1 Å². The smallest absolute Gasteiger partial charge is 0.0605 e. The van der Waals surface area contributed by atoms with Crippen molar-refractivity contribution in [3.05, 3.63) is 84.7 Å². The lowest BCUT2D eigenvalue weighted by molar-refractivity contribution is 0.532. The minimum absolute atomic E-state index is 0.491. The van der Waals surface area contributed by atoms with Gasteiger partial charge >= 0.3 is 0 Å². The topological polar surface area (TPSA) is 48.0 Å². The number of aromatic nitrogens is 4. The molecule has 4 rings (SSSR count). The zero-order valence-corrected chi connectivity index (χ0v) is 21.8. The molecule has 0 unspecified atom stereocenters. The van der Waals surface area contributed by atoms with Gasteiger partial charge in [0.15, 0.2) is 0 Å². The number of hydrogen-bond acceptors (Lipinski definition) is 3. The molecule has 1 aliphatic rings. The Morgan fingerprint density at radius 3 is 1.73 bits per heavy atom. The van der Waals surface area contributed by atoms with Crippen LogP contribution in [0, 0.1) is 5.92 Å². The maximum absolute atomic E-state index is 4.07. The fraction of sp³-hybridized carbons (Fsp3) is 0.464. The number of rotatable bonds is 4. The van der Waals surface area contributed by atoms with Crippen molar-refractivity contribution in [2.75, 3.05) is 6.54 Å². The number of allylic oxidation sites excluding steroid dienone is 1. The summed E-state index contributed by atoms with van der Waals surface area (Å²) in [6.07, 6.45) is 15.6. The van der Waals surface area contributed by atoms with Crippen LogP contribution < -0.4 is 0 Å². The van der Waals surface area contributed by atoms with Gasteiger partial charge in [-0.25, -0.2) is 0 Å². The van der Waals surface area contributed by atoms with Crippen LogP contribution in [0.15, 0.2) is 84.2 Å². The minimum Gasteiger partial charge on any atom is -0.352 e. The summed E-state index contributed by atoms with van der Waals surface area (Å²) < 4.78 is 4.08. The van der Waals surface area contributed by atoms with E-state index in [-0.39, 0.29) is 0 Å². The third-order valence-corrected chi connectivity index (χ3v) is 5.04. The normalized spacial score (nSPS) is 12.1. The van der Waals surface area contributed by atoms with Crippen molar-refractivity contribution in [3.8, 4) is 0 Å². The summed E-state index contributed by atoms with van der Waals surface area (Å²) in [6, 6.07) is 11.2. The first-order valence-corrected chi connectivity index (χ1v) is 11.9. The maximum atomic E-state index is 4.07. The van der Waals surface area contributed by atoms with E-state index >= 15 is 0 Å². The molecule has 33 heavy (non-hydrogen) atoms. The molecule has 0 amide bonds. The van der Waals surface area contributed by atoms with Crippen LogP contribution in [-0.4, -0.2) is 32.1 Å². The Labute approximate surface area is 201 Å². The van der Waals surface area contributed by atoms with Crippen LogP contribution in [0.4, 0.5) is 0 Å². The molecule has 0 saturated heterocycles. The van der Waals surface area contributed by atoms with E-state index in [1.807, 2.05) is 47.6 Å². The molecule has 0 atom stereocenters. The van der Waals surface area contributed by atoms with Crippen LogP contribution in [0.2, 0.25) is 0 Å². The molecule has 0 radical (unpaired) electrons. The Kier molecular flexibility index (Phi) is 13.4. The third-order valence-electron chi connectivity index (χ3n) is 5.04. The largest absolute Gasteiger partial charge is 0.352 e. The predicted molar refractivity (Wildman–Crippen MR) is 142 cm³/mol. The number of nitrogens with zero attached hydrogens (tertiary/aromatic N) is 5. The number of aliphatic imine (C=N–C) groups is 1. The Balaban J connectivity index is 0.000000220. The molecule has 0 bridgehead atoms. The number of hydrogen-bond donors (Lipinski definition) is 0. The standard InChI is InChI=1S/C8H11N.2C7H11N.C6H10N2/c1-7(2)8-4-3-5-9-6-8;1-6(2)7-3-4-8-5-7;1-7(2)8-5-3-4-6-8;1-6(2)8-5-3-4-7-8/h3-7H,1-2H3;3-4,6H,5H2,1-2H3;3-7H,1-2H3;3-6H,1-2H3. The zero-order chi connectivity index (χ0) is 24.6. The van der Waals surface area contributed by atoms with E-state index in [9.17, 15) is 0 Å². The van der Waals surface area contributed by atoms with Gasteiger partial charge in [-0.1, -0.05) is 33.8 Å². The van der Waals surface area contributed by atoms with Crippen molar-refractivity contribution in [2.45, 2.75) is 73.4 Å². The van der Waals surface area contributed by atoms with Crippen molar-refractivity contribution in [3.63, 3.8) is 0 Å². The molecule has 5 nitrogen and oxygen atoms in total. The monoisotopic (exact) mass is 449 g/mol. The molecule has 0 fully saturated rings. The van der Waals surface area contributed by atoms with Gasteiger partial charge in [0.05, 0.1) is 6.54 Å². The molecular formula is C28H43N5. The van der Waals surface area contributed by atoms with Gasteiger partial charge in [0.1, 0.15) is 0 Å². The predicted octanol–water partition coefficient (Wildman–Crippen LogP) is 7.39. The zero-order valence-electron chi connectivity index (χ0n) is 21.8. The van der Waals surface area contributed by atoms with Crippen molar-refractivity contribution < 1.29 is 0 Å². The first-order valence-electron chi connectivity index (χ1n) is 11.9. The van der Waals surface area contributed by atoms with Crippen LogP contribution in [0.25, 0.3) is 0 Å². The molecular weight excluding hydrogens is 406 g/mol. The lowest BCUT2D eigenvalue weighted by Gasteiger charge is -2.03. The summed E-state index contributed by atoms with van der Waals surface area (Å²) in [5.41, 5.74) is 2.75. The highest BCUT2D eigenvalue weighted by molar-refractivity contribution is 5.75. The third kappa shape index (κ3) is 12.0. The van der Waals surface area contributed by atoms with Crippen LogP contribution >= 0.6 is 0 Å². The van der Waals surface area contributed by atoms with E-state index in [2.05, 4.69) is 99.6 Å². The Hall–Kier alpha value is -2.95. The quantitative estimate of drug-likeness (QED) is 0.417. The van der Waals surface area contributed by atoms with Gasteiger partial charge in [-0.3, -0.25) is 14.7 Å². The summed E-state index contributed by atoms with van der Waals surface area (Å²) >= 11 is 0. The highest BCUT2D eigenvalue weighted by Crippen LogP contribution is 2.11. The summed E-state index contributed by atoms with van der Waals surface area (Å²) in [4.78, 5) is 8.07. The van der Waals surface area contributed by atoms with Gasteiger partial charge in [0.2, 0.25) is 0 Å². The van der Waals surface area contributed by atoms with Gasteiger partial charge in [-0.05, 0) is 81.0 Å². The van der Waals surface area contributed by atoms with Crippen LogP contribution in [0.1, 0.15) is 79.0 Å². The SMILES string of the molecule is CC(C)C1=CC=NC1.CC(C)c1cccnc1.CC(C)n1cccc1.CC(C)n1cccn1. The van der Waals surface area contributed by atoms with Gasteiger partial charge in [0.25, 0.3) is 0 Å². The molecule has 0 N–H and O–H groups in total. The molecule has 3 aromatic rings. The average molecular weight is 450 g/mol. The molecule has 5 heteroatoms. The van der Waals surface area contributed by atoms with Crippen LogP contribution in [-0.2, 0) is 0 Å². The second-order valence-corrected chi connectivity index (χ2v) is 9.13. The van der Waals surface area contributed by atoms with Gasteiger partial charge in [-0.15, -0.1) is 0 Å². The van der Waals surface area contributed by atoms with Crippen LogP contribution in [0.5, 0.6) is 0 Å². The maximum Gasteiger partial charge on any atom is 0.0605 e. The average Bonchev–Trinajstić information content (AvgIpc) is 3.59. The molecule has 0 aliphatic carbocycles. The van der Waals surface area contributed by atoms with Gasteiger partial charge in [-0.2, -0.15) is 5.10 Å². The fourth-order valence-corrected chi connectivity index (χ4v) is 2.73. The summed E-state index contributed by atoms with van der Waals surface area (Å²) in [5.74, 6) is 1.27. The van der Waals surface area contributed by atoms with Gasteiger partial charge in [0, 0.05) is 55.5 Å². The molecule has 0 spiro atoms. The summed E-state index contributed by atoms with van der Waals surface area (Å²) in [5, 5.41) is 4.03. The van der Waals surface area contributed by atoms with E-state index in [0.29, 0.717) is 23.9 Å². The van der Waals surface area contributed by atoms with Crippen molar-refractivity contribution in [1.29, 1.82) is 0 Å². The second kappa shape index (κ2) is 15.8. The van der Waals surface area contributed by atoms with Crippen molar-refractivity contribution in [1.82, 2.24) is 19.3 Å². The van der Waals surface area contributed by atoms with E-state index in [4.69, 9.17) is 0 Å². The lowest BCUT2D eigenvalue weighted by atomic mass is 10.1. The molecule has 0 saturated carbocycles. The van der Waals surface area contributed by atoms with E-state index < -0.39 is 0 Å². The first kappa shape index (κ1) is 28.1. The Morgan fingerprint density at radius 2 is 1.45 bits per heavy atom. The highest BCUT2D eigenvalue weighted by Gasteiger charge is 2.02. The summed E-state index contributed by atoms with van der Waals surface area (Å²) in [7, 11) is 0. The lowest BCUT2D eigenvalue weighted by Crippen LogP contribution is -1.99. The molecule has 3 aromatic heterocycles. The Bertz CT molecular complexity index is 849. The first-order chi connectivity index (χ1) is 15.7. The van der Waals surface area contributed by atoms with E-state index in [1.54, 1.807) is 12.4 Å². The van der Waals surface area contributed by atoms with Gasteiger partial charge < -0.3 is 4.57 Å². The highest BCUT2D eigenvalue weighted by atomic mass is 15.3. The van der Waals surface area contributed by atoms with Crippen molar-refractivity contribution in [2.24, 2.45) is 10.9 Å². The Morgan fingerprint density at radius 1 is 0.758 bits per heavy atom. The number of pyridine rings is 1. The van der Waals surface area contributed by atoms with Crippen LogP contribution in [0.3, 0.4) is 0 Å². The molecule has 0 aromatic carbocycles. The minimum atomic E-state index is 0.491. The van der Waals surface area contributed by atoms with E-state index in [0.717, 1.165) is 6.54 Å².